The van der Waals surface area contributed by atoms with Crippen molar-refractivity contribution in [2.45, 2.75) is 0 Å². The van der Waals surface area contributed by atoms with Gasteiger partial charge in [0, 0.05) is 20.7 Å². The Labute approximate surface area is 124 Å². The number of hydrogen-bond donors (Lipinski definition) is 1. The quantitative estimate of drug-likeness (QED) is 0.701. The van der Waals surface area contributed by atoms with Crippen molar-refractivity contribution in [2.75, 3.05) is 47.0 Å². The molecule has 0 radical (unpaired) electrons. The second kappa shape index (κ2) is 9.58. The van der Waals surface area contributed by atoms with E-state index in [-0.39, 0.29) is 5.91 Å². The molecule has 5 nitrogen and oxygen atoms in total. The number of benzene rings is 1. The third-order valence-corrected chi connectivity index (χ3v) is 3.02. The van der Waals surface area contributed by atoms with E-state index in [2.05, 4.69) is 5.32 Å². The predicted octanol–water partition coefficient (Wildman–Crippen LogP) is 1.41. The fourth-order valence-corrected chi connectivity index (χ4v) is 1.67. The van der Waals surface area contributed by atoms with Crippen LogP contribution in [0.5, 0.6) is 5.75 Å². The van der Waals surface area contributed by atoms with Gasteiger partial charge in [-0.05, 0) is 12.1 Å². The number of methoxy groups -OCH3 is 1. The zero-order valence-electron chi connectivity index (χ0n) is 11.9. The Morgan fingerprint density at radius 3 is 2.80 bits per heavy atom. The van der Waals surface area contributed by atoms with Crippen LogP contribution >= 0.6 is 11.6 Å². The van der Waals surface area contributed by atoms with E-state index in [4.69, 9.17) is 21.1 Å². The molecule has 1 rings (SSSR count). The SMILES string of the molecule is COCCNCC(=O)N(C)CCOc1ccccc1Cl. The minimum absolute atomic E-state index is 0.0175. The average molecular weight is 301 g/mol. The first kappa shape index (κ1) is 16.8. The third kappa shape index (κ3) is 6.23. The lowest BCUT2D eigenvalue weighted by molar-refractivity contribution is -0.129. The van der Waals surface area contributed by atoms with Gasteiger partial charge in [0.15, 0.2) is 0 Å². The molecule has 0 aliphatic carbocycles. The molecule has 0 aliphatic rings. The van der Waals surface area contributed by atoms with Crippen molar-refractivity contribution in [3.8, 4) is 5.75 Å². The van der Waals surface area contributed by atoms with Crippen LogP contribution in [0.3, 0.4) is 0 Å². The molecule has 0 atom stereocenters. The van der Waals surface area contributed by atoms with Crippen molar-refractivity contribution in [1.82, 2.24) is 10.2 Å². The first-order valence-electron chi connectivity index (χ1n) is 6.46. The largest absolute Gasteiger partial charge is 0.490 e. The lowest BCUT2D eigenvalue weighted by Gasteiger charge is -2.18. The second-order valence-electron chi connectivity index (χ2n) is 4.26. The molecule has 6 heteroatoms. The number of halogens is 1. The van der Waals surface area contributed by atoms with Crippen LogP contribution in [-0.2, 0) is 9.53 Å². The third-order valence-electron chi connectivity index (χ3n) is 2.71. The van der Waals surface area contributed by atoms with Crippen molar-refractivity contribution in [2.24, 2.45) is 0 Å². The lowest BCUT2D eigenvalue weighted by atomic mass is 10.3. The van der Waals surface area contributed by atoms with Crippen LogP contribution in [0.15, 0.2) is 24.3 Å². The van der Waals surface area contributed by atoms with Crippen molar-refractivity contribution in [1.29, 1.82) is 0 Å². The van der Waals surface area contributed by atoms with Crippen LogP contribution in [0.25, 0.3) is 0 Å². The Balaban J connectivity index is 2.20. The molecule has 0 unspecified atom stereocenters. The molecule has 0 aliphatic heterocycles. The number of nitrogens with one attached hydrogen (secondary N) is 1. The number of amides is 1. The molecule has 1 aromatic carbocycles. The minimum Gasteiger partial charge on any atom is -0.490 e. The molecule has 20 heavy (non-hydrogen) atoms. The van der Waals surface area contributed by atoms with E-state index in [1.165, 1.54) is 0 Å². The predicted molar refractivity (Wildman–Crippen MR) is 79.3 cm³/mol. The molecule has 0 fully saturated rings. The molecular weight excluding hydrogens is 280 g/mol. The normalized spacial score (nSPS) is 10.3. The van der Waals surface area contributed by atoms with Gasteiger partial charge in [-0.15, -0.1) is 0 Å². The monoisotopic (exact) mass is 300 g/mol. The Kier molecular flexibility index (Phi) is 8.02. The van der Waals surface area contributed by atoms with E-state index >= 15 is 0 Å². The highest BCUT2D eigenvalue weighted by atomic mass is 35.5. The summed E-state index contributed by atoms with van der Waals surface area (Å²) in [7, 11) is 3.37. The Bertz CT molecular complexity index is 415. The van der Waals surface area contributed by atoms with Crippen molar-refractivity contribution >= 4 is 17.5 Å². The van der Waals surface area contributed by atoms with Crippen molar-refractivity contribution in [3.05, 3.63) is 29.3 Å². The van der Waals surface area contributed by atoms with E-state index in [9.17, 15) is 4.79 Å². The van der Waals surface area contributed by atoms with E-state index in [1.807, 2.05) is 12.1 Å². The number of likely N-dealkylation sites (N-methyl/N-ethyl adjacent to an activating group) is 1. The average Bonchev–Trinajstić information content (AvgIpc) is 2.45. The number of carbonyl (C=O) groups is 1. The molecule has 0 heterocycles. The number of carbonyl (C=O) groups excluding carboxylic acids is 1. The van der Waals surface area contributed by atoms with Gasteiger partial charge in [0.25, 0.3) is 0 Å². The summed E-state index contributed by atoms with van der Waals surface area (Å²) < 4.78 is 10.4. The van der Waals surface area contributed by atoms with Gasteiger partial charge in [-0.2, -0.15) is 0 Å². The van der Waals surface area contributed by atoms with Gasteiger partial charge in [-0.3, -0.25) is 4.79 Å². The standard InChI is InChI=1S/C14H21ClN2O3/c1-17(14(18)11-16-7-9-19-2)8-10-20-13-6-4-3-5-12(13)15/h3-6,16H,7-11H2,1-2H3. The van der Waals surface area contributed by atoms with E-state index in [0.717, 1.165) is 0 Å². The Hall–Kier alpha value is -1.30. The molecule has 0 saturated carbocycles. The fourth-order valence-electron chi connectivity index (χ4n) is 1.48. The maximum Gasteiger partial charge on any atom is 0.236 e. The van der Waals surface area contributed by atoms with Crippen LogP contribution in [-0.4, -0.2) is 57.8 Å². The molecule has 1 amide bonds. The summed E-state index contributed by atoms with van der Waals surface area (Å²) in [5.41, 5.74) is 0. The first-order valence-corrected chi connectivity index (χ1v) is 6.84. The van der Waals surface area contributed by atoms with Gasteiger partial charge in [0.05, 0.1) is 24.7 Å². The topological polar surface area (TPSA) is 50.8 Å². The van der Waals surface area contributed by atoms with Gasteiger partial charge in [0.1, 0.15) is 12.4 Å². The number of hydrogen-bond acceptors (Lipinski definition) is 4. The van der Waals surface area contributed by atoms with Gasteiger partial charge >= 0.3 is 0 Å². The number of para-hydroxylation sites is 1. The molecule has 0 aromatic heterocycles. The highest BCUT2D eigenvalue weighted by molar-refractivity contribution is 6.32. The molecule has 0 bridgehead atoms. The van der Waals surface area contributed by atoms with Gasteiger partial charge < -0.3 is 19.7 Å². The Morgan fingerprint density at radius 1 is 1.35 bits per heavy atom. The first-order chi connectivity index (χ1) is 9.65. The van der Waals surface area contributed by atoms with Crippen LogP contribution in [0.1, 0.15) is 0 Å². The smallest absolute Gasteiger partial charge is 0.236 e. The van der Waals surface area contributed by atoms with Crippen LogP contribution in [0.2, 0.25) is 5.02 Å². The zero-order chi connectivity index (χ0) is 14.8. The summed E-state index contributed by atoms with van der Waals surface area (Å²) >= 11 is 5.97. The van der Waals surface area contributed by atoms with Crippen LogP contribution < -0.4 is 10.1 Å². The molecule has 0 spiro atoms. The summed E-state index contributed by atoms with van der Waals surface area (Å²) in [6.07, 6.45) is 0. The van der Waals surface area contributed by atoms with Crippen molar-refractivity contribution in [3.63, 3.8) is 0 Å². The molecule has 0 saturated heterocycles. The summed E-state index contributed by atoms with van der Waals surface area (Å²) in [4.78, 5) is 13.4. The summed E-state index contributed by atoms with van der Waals surface area (Å²) in [5.74, 6) is 0.650. The van der Waals surface area contributed by atoms with Crippen molar-refractivity contribution < 1.29 is 14.3 Å². The summed E-state index contributed by atoms with van der Waals surface area (Å²) in [6.45, 7) is 2.46. The van der Waals surface area contributed by atoms with Gasteiger partial charge in [-0.1, -0.05) is 23.7 Å². The summed E-state index contributed by atoms with van der Waals surface area (Å²) in [6, 6.07) is 7.27. The maximum absolute atomic E-state index is 11.8. The lowest BCUT2D eigenvalue weighted by Crippen LogP contribution is -2.38. The van der Waals surface area contributed by atoms with Gasteiger partial charge in [-0.25, -0.2) is 0 Å². The molecule has 1 aromatic rings. The van der Waals surface area contributed by atoms with Gasteiger partial charge in [0.2, 0.25) is 5.91 Å². The van der Waals surface area contributed by atoms with E-state index < -0.39 is 0 Å². The molecule has 112 valence electrons. The fraction of sp³-hybridized carbons (Fsp3) is 0.500. The zero-order valence-corrected chi connectivity index (χ0v) is 12.7. The highest BCUT2D eigenvalue weighted by Crippen LogP contribution is 2.22. The number of nitrogens with zero attached hydrogens (tertiary/aromatic N) is 1. The minimum atomic E-state index is 0.0175. The molecular formula is C14H21ClN2O3. The van der Waals surface area contributed by atoms with E-state index in [1.54, 1.807) is 31.2 Å². The highest BCUT2D eigenvalue weighted by Gasteiger charge is 2.08. The molecule has 1 N–H and O–H groups in total. The second-order valence-corrected chi connectivity index (χ2v) is 4.67. The maximum atomic E-state index is 11.8. The Morgan fingerprint density at radius 2 is 2.10 bits per heavy atom. The van der Waals surface area contributed by atoms with Crippen LogP contribution in [0, 0.1) is 0 Å². The number of ether oxygens (including phenoxy) is 2. The van der Waals surface area contributed by atoms with Crippen LogP contribution in [0.4, 0.5) is 0 Å². The van der Waals surface area contributed by atoms with E-state index in [0.29, 0.717) is 43.6 Å². The number of rotatable bonds is 9. The summed E-state index contributed by atoms with van der Waals surface area (Å²) in [5, 5.41) is 3.58.